The Bertz CT molecular complexity index is 510. The van der Waals surface area contributed by atoms with Gasteiger partial charge in [0, 0.05) is 11.9 Å². The second-order valence-electron chi connectivity index (χ2n) is 3.80. The van der Waals surface area contributed by atoms with E-state index in [1.54, 1.807) is 0 Å². The Kier molecular flexibility index (Phi) is 2.03. The van der Waals surface area contributed by atoms with Gasteiger partial charge in [-0.2, -0.15) is 5.10 Å². The van der Waals surface area contributed by atoms with Gasteiger partial charge in [-0.3, -0.25) is 5.10 Å². The van der Waals surface area contributed by atoms with Crippen LogP contribution in [0.2, 0.25) is 0 Å². The minimum absolute atomic E-state index is 0.955. The van der Waals surface area contributed by atoms with Crippen LogP contribution in [0.25, 0.3) is 16.5 Å². The molecule has 2 aromatic rings. The van der Waals surface area contributed by atoms with Gasteiger partial charge in [0.2, 0.25) is 0 Å². The number of fused-ring (bicyclic) bond motifs is 1. The molecule has 2 N–H and O–H groups in total. The van der Waals surface area contributed by atoms with Crippen molar-refractivity contribution in [2.24, 2.45) is 0 Å². The van der Waals surface area contributed by atoms with E-state index in [0.717, 1.165) is 30.7 Å². The number of hydrogen-bond donors (Lipinski definition) is 2. The largest absolute Gasteiger partial charge is 0.313 e. The Balaban J connectivity index is 2.14. The van der Waals surface area contributed by atoms with Crippen LogP contribution in [-0.4, -0.2) is 23.3 Å². The average molecular weight is 199 g/mol. The van der Waals surface area contributed by atoms with Gasteiger partial charge in [-0.1, -0.05) is 24.3 Å². The number of nitrogens with zero attached hydrogens (tertiary/aromatic N) is 1. The van der Waals surface area contributed by atoms with Crippen LogP contribution in [0, 0.1) is 0 Å². The molecule has 0 saturated carbocycles. The molecule has 2 heterocycles. The van der Waals surface area contributed by atoms with Crippen LogP contribution < -0.4 is 5.32 Å². The van der Waals surface area contributed by atoms with Gasteiger partial charge in [0.1, 0.15) is 0 Å². The van der Waals surface area contributed by atoms with E-state index in [0.29, 0.717) is 0 Å². The van der Waals surface area contributed by atoms with Crippen LogP contribution in [0.4, 0.5) is 0 Å². The predicted octanol–water partition coefficient (Wildman–Crippen LogP) is 1.94. The molecular formula is C12H13N3. The van der Waals surface area contributed by atoms with Crippen molar-refractivity contribution in [1.29, 1.82) is 0 Å². The van der Waals surface area contributed by atoms with E-state index in [1.807, 2.05) is 6.07 Å². The molecule has 1 aromatic carbocycles. The molecule has 0 atom stereocenters. The highest BCUT2D eigenvalue weighted by atomic mass is 15.1. The Morgan fingerprint density at radius 2 is 2.13 bits per heavy atom. The van der Waals surface area contributed by atoms with Crippen molar-refractivity contribution in [2.75, 3.05) is 13.1 Å². The minimum Gasteiger partial charge on any atom is -0.313 e. The van der Waals surface area contributed by atoms with Gasteiger partial charge in [0.25, 0.3) is 0 Å². The van der Waals surface area contributed by atoms with Crippen molar-refractivity contribution in [3.05, 3.63) is 36.0 Å². The third-order valence-corrected chi connectivity index (χ3v) is 2.84. The molecule has 0 fully saturated rings. The topological polar surface area (TPSA) is 40.7 Å². The number of nitrogens with one attached hydrogen (secondary N) is 2. The van der Waals surface area contributed by atoms with Gasteiger partial charge in [-0.05, 0) is 24.6 Å². The molecule has 15 heavy (non-hydrogen) atoms. The third kappa shape index (κ3) is 1.45. The Labute approximate surface area is 88.2 Å². The highest BCUT2D eigenvalue weighted by Crippen LogP contribution is 2.25. The smallest absolute Gasteiger partial charge is 0.0956 e. The van der Waals surface area contributed by atoms with Crippen molar-refractivity contribution in [3.8, 4) is 0 Å². The van der Waals surface area contributed by atoms with Crippen LogP contribution in [0.1, 0.15) is 12.1 Å². The molecule has 1 aliphatic rings. The van der Waals surface area contributed by atoms with E-state index in [9.17, 15) is 0 Å². The van der Waals surface area contributed by atoms with Gasteiger partial charge in [0.15, 0.2) is 0 Å². The van der Waals surface area contributed by atoms with Gasteiger partial charge in [0.05, 0.1) is 11.2 Å². The summed E-state index contributed by atoms with van der Waals surface area (Å²) in [6.07, 6.45) is 3.29. The molecule has 0 spiro atoms. The molecule has 3 heteroatoms. The second kappa shape index (κ2) is 3.51. The Hall–Kier alpha value is -1.61. The molecule has 0 radical (unpaired) electrons. The van der Waals surface area contributed by atoms with Crippen molar-refractivity contribution in [3.63, 3.8) is 0 Å². The maximum atomic E-state index is 4.40. The van der Waals surface area contributed by atoms with E-state index in [-0.39, 0.29) is 0 Å². The summed E-state index contributed by atoms with van der Waals surface area (Å²) in [5, 5.41) is 12.0. The molecule has 3 nitrogen and oxygen atoms in total. The molecule has 1 aromatic heterocycles. The molecule has 0 unspecified atom stereocenters. The van der Waals surface area contributed by atoms with Crippen LogP contribution in [0.15, 0.2) is 30.3 Å². The summed E-state index contributed by atoms with van der Waals surface area (Å²) in [6, 6.07) is 8.27. The van der Waals surface area contributed by atoms with E-state index < -0.39 is 0 Å². The summed E-state index contributed by atoms with van der Waals surface area (Å²) < 4.78 is 0. The number of para-hydroxylation sites is 1. The SMILES string of the molecule is C1=C(c2n[nH]c3ccccc23)CCNC1. The van der Waals surface area contributed by atoms with Gasteiger partial charge in [-0.25, -0.2) is 0 Å². The molecule has 1 aliphatic heterocycles. The summed E-state index contributed by atoms with van der Waals surface area (Å²) in [4.78, 5) is 0. The zero-order valence-electron chi connectivity index (χ0n) is 8.46. The number of rotatable bonds is 1. The lowest BCUT2D eigenvalue weighted by Crippen LogP contribution is -2.20. The first-order valence-corrected chi connectivity index (χ1v) is 5.28. The van der Waals surface area contributed by atoms with Crippen LogP contribution in [0.5, 0.6) is 0 Å². The van der Waals surface area contributed by atoms with Crippen molar-refractivity contribution in [1.82, 2.24) is 15.5 Å². The van der Waals surface area contributed by atoms with Crippen LogP contribution >= 0.6 is 0 Å². The minimum atomic E-state index is 0.955. The molecule has 0 aliphatic carbocycles. The predicted molar refractivity (Wildman–Crippen MR) is 61.6 cm³/mol. The fourth-order valence-electron chi connectivity index (χ4n) is 2.05. The highest BCUT2D eigenvalue weighted by Gasteiger charge is 2.11. The monoisotopic (exact) mass is 199 g/mol. The number of benzene rings is 1. The van der Waals surface area contributed by atoms with Gasteiger partial charge < -0.3 is 5.32 Å². The summed E-state index contributed by atoms with van der Waals surface area (Å²) in [5.41, 5.74) is 3.59. The standard InChI is InChI=1S/C12H13N3/c1-2-4-11-10(3-1)12(15-14-11)9-5-7-13-8-6-9/h1-5,13H,6-8H2,(H,14,15). The van der Waals surface area contributed by atoms with Crippen molar-refractivity contribution < 1.29 is 0 Å². The Morgan fingerprint density at radius 1 is 1.20 bits per heavy atom. The summed E-state index contributed by atoms with van der Waals surface area (Å²) >= 11 is 0. The van der Waals surface area contributed by atoms with Gasteiger partial charge >= 0.3 is 0 Å². The first kappa shape index (κ1) is 8.68. The molecule has 76 valence electrons. The lowest BCUT2D eigenvalue weighted by molar-refractivity contribution is 0.737. The molecule has 3 rings (SSSR count). The van der Waals surface area contributed by atoms with Crippen molar-refractivity contribution in [2.45, 2.75) is 6.42 Å². The zero-order chi connectivity index (χ0) is 10.1. The van der Waals surface area contributed by atoms with Gasteiger partial charge in [-0.15, -0.1) is 0 Å². The third-order valence-electron chi connectivity index (χ3n) is 2.84. The number of H-pyrrole nitrogens is 1. The molecular weight excluding hydrogens is 186 g/mol. The molecule has 0 amide bonds. The normalized spacial score (nSPS) is 16.7. The summed E-state index contributed by atoms with van der Waals surface area (Å²) in [5.74, 6) is 0. The van der Waals surface area contributed by atoms with E-state index in [2.05, 4.69) is 39.8 Å². The number of aromatic amines is 1. The number of hydrogen-bond acceptors (Lipinski definition) is 2. The summed E-state index contributed by atoms with van der Waals surface area (Å²) in [7, 11) is 0. The Morgan fingerprint density at radius 3 is 3.00 bits per heavy atom. The lowest BCUT2D eigenvalue weighted by atomic mass is 10.0. The number of aromatic nitrogens is 2. The zero-order valence-corrected chi connectivity index (χ0v) is 8.46. The quantitative estimate of drug-likeness (QED) is 0.737. The first-order valence-electron chi connectivity index (χ1n) is 5.28. The molecule has 0 bridgehead atoms. The highest BCUT2D eigenvalue weighted by molar-refractivity contribution is 5.90. The van der Waals surface area contributed by atoms with Crippen LogP contribution in [0.3, 0.4) is 0 Å². The lowest BCUT2D eigenvalue weighted by Gasteiger charge is -2.11. The van der Waals surface area contributed by atoms with E-state index in [4.69, 9.17) is 0 Å². The maximum absolute atomic E-state index is 4.40. The summed E-state index contributed by atoms with van der Waals surface area (Å²) in [6.45, 7) is 2.00. The van der Waals surface area contributed by atoms with E-state index in [1.165, 1.54) is 11.0 Å². The van der Waals surface area contributed by atoms with Crippen LogP contribution in [-0.2, 0) is 0 Å². The van der Waals surface area contributed by atoms with Crippen molar-refractivity contribution >= 4 is 16.5 Å². The van der Waals surface area contributed by atoms with E-state index >= 15 is 0 Å². The fourth-order valence-corrected chi connectivity index (χ4v) is 2.05. The average Bonchev–Trinajstić information content (AvgIpc) is 2.74. The maximum Gasteiger partial charge on any atom is 0.0956 e. The fraction of sp³-hybridized carbons (Fsp3) is 0.250. The second-order valence-corrected chi connectivity index (χ2v) is 3.80. The molecule has 0 saturated heterocycles. The first-order chi connectivity index (χ1) is 7.45.